The Bertz CT molecular complexity index is 464. The number of hydrogen-bond donors (Lipinski definition) is 0. The molecule has 0 aliphatic carbocycles. The zero-order valence-electron chi connectivity index (χ0n) is 10.4. The van der Waals surface area contributed by atoms with Crippen LogP contribution >= 0.6 is 10.7 Å². The van der Waals surface area contributed by atoms with Crippen LogP contribution in [0.4, 0.5) is 0 Å². The summed E-state index contributed by atoms with van der Waals surface area (Å²) in [6, 6.07) is 0. The highest BCUT2D eigenvalue weighted by Gasteiger charge is 2.24. The largest absolute Gasteiger partial charge is 0.304 e. The summed E-state index contributed by atoms with van der Waals surface area (Å²) >= 11 is 0. The van der Waals surface area contributed by atoms with E-state index in [1.54, 1.807) is 7.05 Å². The second-order valence-corrected chi connectivity index (χ2v) is 6.57. The van der Waals surface area contributed by atoms with Crippen molar-refractivity contribution in [1.29, 1.82) is 0 Å². The topological polar surface area (TPSA) is 64.8 Å². The minimum Gasteiger partial charge on any atom is -0.304 e. The summed E-state index contributed by atoms with van der Waals surface area (Å²) in [5, 5.41) is 7.46. The second-order valence-electron chi connectivity index (χ2n) is 4.11. The molecule has 0 N–H and O–H groups in total. The van der Waals surface area contributed by atoms with Crippen LogP contribution in [0.25, 0.3) is 0 Å². The van der Waals surface area contributed by atoms with Gasteiger partial charge in [0.25, 0.3) is 14.2 Å². The summed E-state index contributed by atoms with van der Waals surface area (Å²) < 4.78 is 24.0. The van der Waals surface area contributed by atoms with Gasteiger partial charge < -0.3 is 4.57 Å². The highest BCUT2D eigenvalue weighted by Crippen LogP contribution is 2.26. The average Bonchev–Trinajstić information content (AvgIpc) is 2.59. The van der Waals surface area contributed by atoms with E-state index < -0.39 is 9.05 Å². The molecule has 0 radical (unpaired) electrons. The normalized spacial score (nSPS) is 12.3. The Morgan fingerprint density at radius 3 is 2.12 bits per heavy atom. The smallest absolute Gasteiger partial charge is 0.296 e. The van der Waals surface area contributed by atoms with Gasteiger partial charge in [0.1, 0.15) is 5.82 Å². The molecule has 0 saturated carbocycles. The summed E-state index contributed by atoms with van der Waals surface area (Å²) in [7, 11) is 3.11. The molecule has 0 unspecified atom stereocenters. The Morgan fingerprint density at radius 1 is 1.24 bits per heavy atom. The van der Waals surface area contributed by atoms with Crippen molar-refractivity contribution >= 4 is 19.7 Å². The number of nitrogens with zero attached hydrogens (tertiary/aromatic N) is 3. The van der Waals surface area contributed by atoms with Crippen LogP contribution in [0, 0.1) is 0 Å². The van der Waals surface area contributed by atoms with Gasteiger partial charge in [-0.2, -0.15) is 0 Å². The van der Waals surface area contributed by atoms with Gasteiger partial charge in [0, 0.05) is 23.6 Å². The third-order valence-corrected chi connectivity index (χ3v) is 3.93. The Labute approximate surface area is 107 Å². The molecule has 1 rings (SSSR count). The average molecular weight is 280 g/mol. The van der Waals surface area contributed by atoms with E-state index in [9.17, 15) is 8.42 Å². The molecule has 0 saturated heterocycles. The summed E-state index contributed by atoms with van der Waals surface area (Å²) in [5.74, 6) is 0.947. The molecule has 0 bridgehead atoms. The number of hydrogen-bond acceptors (Lipinski definition) is 4. The molecule has 98 valence electrons. The third kappa shape index (κ3) is 3.42. The van der Waals surface area contributed by atoms with Crippen LogP contribution in [0.1, 0.15) is 51.3 Å². The van der Waals surface area contributed by atoms with Gasteiger partial charge in [-0.05, 0) is 12.8 Å². The van der Waals surface area contributed by atoms with Gasteiger partial charge in [0.2, 0.25) is 0 Å². The molecule has 0 spiro atoms. The van der Waals surface area contributed by atoms with E-state index in [1.165, 1.54) is 4.57 Å². The lowest BCUT2D eigenvalue weighted by atomic mass is 9.97. The Hall–Kier alpha value is -0.620. The van der Waals surface area contributed by atoms with Crippen molar-refractivity contribution in [2.45, 2.75) is 50.6 Å². The molecular formula is C10H18ClN3O2S. The van der Waals surface area contributed by atoms with E-state index in [-0.39, 0.29) is 11.1 Å². The Balaban J connectivity index is 3.09. The maximum Gasteiger partial charge on any atom is 0.296 e. The number of rotatable bonds is 6. The molecule has 0 aromatic carbocycles. The Morgan fingerprint density at radius 2 is 1.76 bits per heavy atom. The van der Waals surface area contributed by atoms with E-state index in [2.05, 4.69) is 24.0 Å². The van der Waals surface area contributed by atoms with Crippen LogP contribution in [-0.4, -0.2) is 23.2 Å². The van der Waals surface area contributed by atoms with E-state index in [0.717, 1.165) is 25.7 Å². The van der Waals surface area contributed by atoms with E-state index >= 15 is 0 Å². The van der Waals surface area contributed by atoms with Crippen LogP contribution in [0.2, 0.25) is 0 Å². The van der Waals surface area contributed by atoms with Gasteiger partial charge >= 0.3 is 0 Å². The van der Waals surface area contributed by atoms with Crippen molar-refractivity contribution in [1.82, 2.24) is 14.8 Å². The molecular weight excluding hydrogens is 262 g/mol. The fourth-order valence-electron chi connectivity index (χ4n) is 1.99. The zero-order chi connectivity index (χ0) is 13.1. The van der Waals surface area contributed by atoms with Gasteiger partial charge in [-0.1, -0.05) is 26.7 Å². The summed E-state index contributed by atoms with van der Waals surface area (Å²) in [6.07, 6.45) is 4.01. The molecule has 1 heterocycles. The maximum atomic E-state index is 11.2. The van der Waals surface area contributed by atoms with Crippen LogP contribution in [0.5, 0.6) is 0 Å². The number of aromatic nitrogens is 3. The molecule has 0 atom stereocenters. The monoisotopic (exact) mass is 279 g/mol. The lowest BCUT2D eigenvalue weighted by Gasteiger charge is -2.14. The van der Waals surface area contributed by atoms with Crippen LogP contribution < -0.4 is 0 Å². The predicted molar refractivity (Wildman–Crippen MR) is 66.6 cm³/mol. The summed E-state index contributed by atoms with van der Waals surface area (Å²) in [4.78, 5) is 0. The van der Waals surface area contributed by atoms with Gasteiger partial charge in [0.05, 0.1) is 0 Å². The first-order valence-electron chi connectivity index (χ1n) is 5.75. The van der Waals surface area contributed by atoms with Crippen LogP contribution in [0.3, 0.4) is 0 Å². The van der Waals surface area contributed by atoms with Gasteiger partial charge in [-0.3, -0.25) is 0 Å². The maximum absolute atomic E-state index is 11.2. The lowest BCUT2D eigenvalue weighted by molar-refractivity contribution is 0.510. The Kier molecular flexibility index (Phi) is 4.94. The first kappa shape index (κ1) is 14.4. The third-order valence-electron chi connectivity index (χ3n) is 2.73. The van der Waals surface area contributed by atoms with Gasteiger partial charge in [0.15, 0.2) is 0 Å². The van der Waals surface area contributed by atoms with Crippen molar-refractivity contribution in [3.8, 4) is 0 Å². The predicted octanol–water partition coefficient (Wildman–Crippen LogP) is 2.43. The minimum absolute atomic E-state index is 0.175. The van der Waals surface area contributed by atoms with Crippen LogP contribution in [0.15, 0.2) is 5.16 Å². The quantitative estimate of drug-likeness (QED) is 0.750. The standard InChI is InChI=1S/C10H18ClN3O2S/c1-4-6-8(7-5-2)9-12-13-10(14(9)3)17(11,15)16/h8H,4-7H2,1-3H3. The summed E-state index contributed by atoms with van der Waals surface area (Å²) in [6.45, 7) is 4.19. The SMILES string of the molecule is CCCC(CCC)c1nnc(S(=O)(=O)Cl)n1C. The number of halogens is 1. The molecule has 1 aromatic heterocycles. The van der Waals surface area contributed by atoms with Crippen molar-refractivity contribution in [2.75, 3.05) is 0 Å². The first-order valence-corrected chi connectivity index (χ1v) is 8.06. The first-order chi connectivity index (χ1) is 7.91. The van der Waals surface area contributed by atoms with Crippen molar-refractivity contribution < 1.29 is 8.42 Å². The van der Waals surface area contributed by atoms with E-state index in [0.29, 0.717) is 5.82 Å². The van der Waals surface area contributed by atoms with Gasteiger partial charge in [-0.25, -0.2) is 8.42 Å². The van der Waals surface area contributed by atoms with Crippen molar-refractivity contribution in [3.63, 3.8) is 0 Å². The fraction of sp³-hybridized carbons (Fsp3) is 0.800. The lowest BCUT2D eigenvalue weighted by Crippen LogP contribution is -2.09. The van der Waals surface area contributed by atoms with Crippen LogP contribution in [-0.2, 0) is 16.1 Å². The zero-order valence-corrected chi connectivity index (χ0v) is 11.9. The highest BCUT2D eigenvalue weighted by molar-refractivity contribution is 8.13. The molecule has 0 aliphatic rings. The molecule has 0 aliphatic heterocycles. The molecule has 17 heavy (non-hydrogen) atoms. The summed E-state index contributed by atoms with van der Waals surface area (Å²) in [5.41, 5.74) is 0. The highest BCUT2D eigenvalue weighted by atomic mass is 35.7. The van der Waals surface area contributed by atoms with E-state index in [4.69, 9.17) is 10.7 Å². The van der Waals surface area contributed by atoms with Crippen molar-refractivity contribution in [3.05, 3.63) is 5.82 Å². The molecule has 1 aromatic rings. The molecule has 0 amide bonds. The minimum atomic E-state index is -3.81. The van der Waals surface area contributed by atoms with E-state index in [1.807, 2.05) is 0 Å². The van der Waals surface area contributed by atoms with Crippen molar-refractivity contribution in [2.24, 2.45) is 7.05 Å². The fourth-order valence-corrected chi connectivity index (χ4v) is 2.96. The molecule has 0 fully saturated rings. The van der Waals surface area contributed by atoms with Gasteiger partial charge in [-0.15, -0.1) is 10.2 Å². The molecule has 5 nitrogen and oxygen atoms in total. The second kappa shape index (κ2) is 5.82. The molecule has 7 heteroatoms.